The lowest BCUT2D eigenvalue weighted by Crippen LogP contribution is -2.40. The van der Waals surface area contributed by atoms with Crippen molar-refractivity contribution in [2.45, 2.75) is 32.2 Å². The topological polar surface area (TPSA) is 87.7 Å². The number of urea groups is 1. The van der Waals surface area contributed by atoms with Gasteiger partial charge in [0, 0.05) is 13.0 Å². The average molecular weight is 351 g/mol. The number of hydrogen-bond acceptors (Lipinski definition) is 4. The first kappa shape index (κ1) is 18.7. The Bertz CT molecular complexity index is 663. The highest BCUT2D eigenvalue weighted by atomic mass is 19.1. The van der Waals surface area contributed by atoms with Crippen molar-refractivity contribution in [1.82, 2.24) is 15.5 Å². The highest BCUT2D eigenvalue weighted by molar-refractivity contribution is 6.06. The molecule has 1 heterocycles. The van der Waals surface area contributed by atoms with Gasteiger partial charge in [0.05, 0.1) is 6.54 Å². The Morgan fingerprint density at radius 3 is 2.68 bits per heavy atom. The standard InChI is InChI=1S/C17H22FN3O4/c1-17(2)15(23)21(16(24)20-17)10-5-8-14(22)19-9-11-25-13-7-4-3-6-12(13)18/h3-4,6-7H,5,8-11H2,1-2H3,(H,19,22)(H,20,24). The van der Waals surface area contributed by atoms with Crippen LogP contribution in [0.1, 0.15) is 26.7 Å². The number of ether oxygens (including phenoxy) is 1. The molecule has 1 aromatic carbocycles. The lowest BCUT2D eigenvalue weighted by molar-refractivity contribution is -0.130. The van der Waals surface area contributed by atoms with Gasteiger partial charge in [0.1, 0.15) is 12.1 Å². The Kier molecular flexibility index (Phi) is 5.95. The van der Waals surface area contributed by atoms with Crippen LogP contribution in [0, 0.1) is 5.82 Å². The summed E-state index contributed by atoms with van der Waals surface area (Å²) in [4.78, 5) is 36.5. The molecule has 1 aliphatic heterocycles. The Labute approximate surface area is 145 Å². The van der Waals surface area contributed by atoms with Gasteiger partial charge >= 0.3 is 6.03 Å². The van der Waals surface area contributed by atoms with Crippen LogP contribution in [0.15, 0.2) is 24.3 Å². The van der Waals surface area contributed by atoms with Crippen LogP contribution >= 0.6 is 0 Å². The fourth-order valence-electron chi connectivity index (χ4n) is 2.42. The third-order valence-electron chi connectivity index (χ3n) is 3.75. The molecule has 0 spiro atoms. The van der Waals surface area contributed by atoms with Crippen LogP contribution in [0.2, 0.25) is 0 Å². The molecule has 1 aliphatic rings. The second-order valence-corrected chi connectivity index (χ2v) is 6.24. The van der Waals surface area contributed by atoms with Gasteiger partial charge in [0.15, 0.2) is 11.6 Å². The van der Waals surface area contributed by atoms with Gasteiger partial charge in [-0.15, -0.1) is 0 Å². The molecule has 1 fully saturated rings. The number of halogens is 1. The number of nitrogens with zero attached hydrogens (tertiary/aromatic N) is 1. The number of amides is 4. The molecule has 2 N–H and O–H groups in total. The largest absolute Gasteiger partial charge is 0.489 e. The Morgan fingerprint density at radius 1 is 1.32 bits per heavy atom. The fraction of sp³-hybridized carbons (Fsp3) is 0.471. The Hall–Kier alpha value is -2.64. The van der Waals surface area contributed by atoms with E-state index in [0.717, 1.165) is 4.90 Å². The van der Waals surface area contributed by atoms with E-state index in [9.17, 15) is 18.8 Å². The van der Waals surface area contributed by atoms with E-state index >= 15 is 0 Å². The first-order chi connectivity index (χ1) is 11.8. The maximum absolute atomic E-state index is 13.3. The molecule has 7 nitrogen and oxygen atoms in total. The minimum absolute atomic E-state index is 0.137. The zero-order chi connectivity index (χ0) is 18.4. The monoisotopic (exact) mass is 351 g/mol. The van der Waals surface area contributed by atoms with Gasteiger partial charge in [-0.1, -0.05) is 12.1 Å². The minimum atomic E-state index is -0.899. The summed E-state index contributed by atoms with van der Waals surface area (Å²) in [6, 6.07) is 5.60. The molecule has 0 unspecified atom stereocenters. The van der Waals surface area contributed by atoms with E-state index < -0.39 is 17.4 Å². The summed E-state index contributed by atoms with van der Waals surface area (Å²) in [5.41, 5.74) is -0.899. The molecule has 0 aliphatic carbocycles. The zero-order valence-corrected chi connectivity index (χ0v) is 14.3. The molecule has 1 aromatic rings. The van der Waals surface area contributed by atoms with Crippen LogP contribution in [0.25, 0.3) is 0 Å². The molecule has 0 radical (unpaired) electrons. The van der Waals surface area contributed by atoms with E-state index in [1.165, 1.54) is 12.1 Å². The van der Waals surface area contributed by atoms with Crippen LogP contribution < -0.4 is 15.4 Å². The van der Waals surface area contributed by atoms with Crippen LogP contribution in [-0.4, -0.2) is 48.0 Å². The number of hydrogen-bond donors (Lipinski definition) is 2. The van der Waals surface area contributed by atoms with E-state index in [-0.39, 0.29) is 43.7 Å². The lowest BCUT2D eigenvalue weighted by atomic mass is 10.1. The molecule has 25 heavy (non-hydrogen) atoms. The Balaban J connectivity index is 1.62. The van der Waals surface area contributed by atoms with Crippen LogP contribution in [-0.2, 0) is 9.59 Å². The van der Waals surface area contributed by atoms with Gasteiger partial charge in [0.25, 0.3) is 5.91 Å². The number of carbonyl (C=O) groups excluding carboxylic acids is 3. The van der Waals surface area contributed by atoms with Crippen LogP contribution in [0.4, 0.5) is 9.18 Å². The summed E-state index contributed by atoms with van der Waals surface area (Å²) in [7, 11) is 0. The first-order valence-electron chi connectivity index (χ1n) is 8.09. The summed E-state index contributed by atoms with van der Waals surface area (Å²) in [6.07, 6.45) is 0.548. The van der Waals surface area contributed by atoms with Gasteiger partial charge in [-0.25, -0.2) is 9.18 Å². The smallest absolute Gasteiger partial charge is 0.325 e. The first-order valence-corrected chi connectivity index (χ1v) is 8.09. The third-order valence-corrected chi connectivity index (χ3v) is 3.75. The molecule has 1 saturated heterocycles. The third kappa shape index (κ3) is 4.91. The second-order valence-electron chi connectivity index (χ2n) is 6.24. The maximum atomic E-state index is 13.3. The van der Waals surface area contributed by atoms with Gasteiger partial charge in [-0.05, 0) is 32.4 Å². The lowest BCUT2D eigenvalue weighted by Gasteiger charge is -2.15. The molecule has 2 rings (SSSR count). The van der Waals surface area contributed by atoms with Gasteiger partial charge in [0.2, 0.25) is 5.91 Å². The molecule has 4 amide bonds. The van der Waals surface area contributed by atoms with Crippen molar-refractivity contribution in [3.05, 3.63) is 30.1 Å². The van der Waals surface area contributed by atoms with Crippen LogP contribution in [0.5, 0.6) is 5.75 Å². The second kappa shape index (κ2) is 7.96. The molecule has 0 aromatic heterocycles. The van der Waals surface area contributed by atoms with Gasteiger partial charge in [-0.3, -0.25) is 14.5 Å². The van der Waals surface area contributed by atoms with Gasteiger partial charge in [-0.2, -0.15) is 0 Å². The molecule has 0 atom stereocenters. The highest BCUT2D eigenvalue weighted by Crippen LogP contribution is 2.17. The molecular weight excluding hydrogens is 329 g/mol. The van der Waals surface area contributed by atoms with Crippen molar-refractivity contribution < 1.29 is 23.5 Å². The quantitative estimate of drug-likeness (QED) is 0.548. The molecule has 0 bridgehead atoms. The summed E-state index contributed by atoms with van der Waals surface area (Å²) in [6.45, 7) is 3.84. The van der Waals surface area contributed by atoms with Crippen LogP contribution in [0.3, 0.4) is 0 Å². The highest BCUT2D eigenvalue weighted by Gasteiger charge is 2.43. The van der Waals surface area contributed by atoms with E-state index in [1.54, 1.807) is 26.0 Å². The van der Waals surface area contributed by atoms with E-state index in [2.05, 4.69) is 10.6 Å². The van der Waals surface area contributed by atoms with Crippen molar-refractivity contribution in [2.24, 2.45) is 0 Å². The number of imide groups is 1. The molecule has 0 saturated carbocycles. The summed E-state index contributed by atoms with van der Waals surface area (Å²) in [5, 5.41) is 5.23. The number of rotatable bonds is 8. The summed E-state index contributed by atoms with van der Waals surface area (Å²) in [5.74, 6) is -0.831. The molecular formula is C17H22FN3O4. The van der Waals surface area contributed by atoms with Crippen molar-refractivity contribution in [1.29, 1.82) is 0 Å². The molecule has 8 heteroatoms. The number of carbonyl (C=O) groups is 3. The van der Waals surface area contributed by atoms with E-state index in [4.69, 9.17) is 4.74 Å². The minimum Gasteiger partial charge on any atom is -0.489 e. The van der Waals surface area contributed by atoms with Gasteiger partial charge < -0.3 is 15.4 Å². The van der Waals surface area contributed by atoms with Crippen molar-refractivity contribution in [2.75, 3.05) is 19.7 Å². The average Bonchev–Trinajstić information content (AvgIpc) is 2.74. The normalized spacial score (nSPS) is 15.9. The van der Waals surface area contributed by atoms with E-state index in [1.807, 2.05) is 0 Å². The number of para-hydroxylation sites is 1. The summed E-state index contributed by atoms with van der Waals surface area (Å²) < 4.78 is 18.6. The van der Waals surface area contributed by atoms with Crippen molar-refractivity contribution in [3.63, 3.8) is 0 Å². The van der Waals surface area contributed by atoms with Crippen molar-refractivity contribution in [3.8, 4) is 5.75 Å². The fourth-order valence-corrected chi connectivity index (χ4v) is 2.42. The Morgan fingerprint density at radius 2 is 2.04 bits per heavy atom. The van der Waals surface area contributed by atoms with Crippen molar-refractivity contribution >= 4 is 17.8 Å². The number of benzene rings is 1. The zero-order valence-electron chi connectivity index (χ0n) is 14.3. The maximum Gasteiger partial charge on any atom is 0.325 e. The predicted octanol–water partition coefficient (Wildman–Crippen LogP) is 1.43. The SMILES string of the molecule is CC1(C)NC(=O)N(CCCC(=O)NCCOc2ccccc2F)C1=O. The summed E-state index contributed by atoms with van der Waals surface area (Å²) >= 11 is 0. The number of nitrogens with one attached hydrogen (secondary N) is 2. The van der Waals surface area contributed by atoms with E-state index in [0.29, 0.717) is 6.42 Å². The molecule has 136 valence electrons. The predicted molar refractivity (Wildman–Crippen MR) is 88.5 cm³/mol.